The SMILES string of the molecule is CCC([SiH3])NC(C)(N(CC)CC)N(CC)CC. The molecular formula is C13H33N3Si. The van der Waals surface area contributed by atoms with Gasteiger partial charge in [0.25, 0.3) is 0 Å². The maximum atomic E-state index is 3.86. The summed E-state index contributed by atoms with van der Waals surface area (Å²) in [5, 5.41) is 3.86. The van der Waals surface area contributed by atoms with Gasteiger partial charge in [0.05, 0.1) is 0 Å². The van der Waals surface area contributed by atoms with E-state index in [0.29, 0.717) is 5.67 Å². The van der Waals surface area contributed by atoms with E-state index in [4.69, 9.17) is 0 Å². The van der Waals surface area contributed by atoms with Crippen molar-refractivity contribution in [1.82, 2.24) is 15.1 Å². The maximum Gasteiger partial charge on any atom is 0.125 e. The minimum atomic E-state index is 0.00935. The van der Waals surface area contributed by atoms with E-state index in [1.165, 1.54) is 16.7 Å². The van der Waals surface area contributed by atoms with Crippen LogP contribution >= 0.6 is 0 Å². The fourth-order valence-electron chi connectivity index (χ4n) is 2.63. The minimum absolute atomic E-state index is 0.00935. The van der Waals surface area contributed by atoms with Crippen molar-refractivity contribution in [1.29, 1.82) is 0 Å². The van der Waals surface area contributed by atoms with E-state index in [1.54, 1.807) is 0 Å². The number of hydrogen-bond donors (Lipinski definition) is 1. The Morgan fingerprint density at radius 1 is 0.941 bits per heavy atom. The summed E-state index contributed by atoms with van der Waals surface area (Å²) in [6.07, 6.45) is 1.23. The van der Waals surface area contributed by atoms with Crippen LogP contribution in [-0.2, 0) is 0 Å². The van der Waals surface area contributed by atoms with Crippen LogP contribution in [0.15, 0.2) is 0 Å². The van der Waals surface area contributed by atoms with Crippen molar-refractivity contribution in [2.24, 2.45) is 0 Å². The van der Waals surface area contributed by atoms with Gasteiger partial charge < -0.3 is 0 Å². The molecule has 0 aromatic heterocycles. The number of nitrogens with one attached hydrogen (secondary N) is 1. The Kier molecular flexibility index (Phi) is 8.29. The molecule has 1 atom stereocenters. The van der Waals surface area contributed by atoms with Gasteiger partial charge in [0.15, 0.2) is 0 Å². The summed E-state index contributed by atoms with van der Waals surface area (Å²) in [6.45, 7) is 18.0. The van der Waals surface area contributed by atoms with E-state index in [2.05, 4.69) is 56.7 Å². The maximum absolute atomic E-state index is 3.86. The Morgan fingerprint density at radius 3 is 1.53 bits per heavy atom. The first kappa shape index (κ1) is 17.1. The standard InChI is InChI=1S/C13H33N3Si/c1-7-12(17)14-13(6,15(8-2)9-3)16(10-4)11-5/h12,14H,7-11H2,1-6,17H3. The second kappa shape index (κ2) is 8.24. The predicted octanol–water partition coefficient (Wildman–Crippen LogP) is 1.03. The topological polar surface area (TPSA) is 18.5 Å². The third-order valence-corrected chi connectivity index (χ3v) is 5.00. The smallest absolute Gasteiger partial charge is 0.125 e. The molecule has 0 rings (SSSR count). The molecule has 0 saturated carbocycles. The van der Waals surface area contributed by atoms with Crippen LogP contribution in [0.25, 0.3) is 0 Å². The average Bonchev–Trinajstić information content (AvgIpc) is 2.31. The molecule has 1 N–H and O–H groups in total. The molecule has 0 radical (unpaired) electrons. The fourth-order valence-corrected chi connectivity index (χ4v) is 3.18. The zero-order valence-corrected chi connectivity index (χ0v) is 15.0. The van der Waals surface area contributed by atoms with Gasteiger partial charge in [-0.3, -0.25) is 15.1 Å². The van der Waals surface area contributed by atoms with Crippen LogP contribution in [0.4, 0.5) is 0 Å². The molecule has 0 aromatic carbocycles. The molecule has 1 unspecified atom stereocenters. The second-order valence-corrected chi connectivity index (χ2v) is 6.21. The highest BCUT2D eigenvalue weighted by molar-refractivity contribution is 6.11. The van der Waals surface area contributed by atoms with Crippen molar-refractivity contribution in [3.05, 3.63) is 0 Å². The molecule has 0 heterocycles. The largest absolute Gasteiger partial charge is 0.288 e. The van der Waals surface area contributed by atoms with Gasteiger partial charge in [0.2, 0.25) is 0 Å². The van der Waals surface area contributed by atoms with Gasteiger partial charge in [-0.25, -0.2) is 0 Å². The Bertz CT molecular complexity index is 179. The number of nitrogens with zero attached hydrogens (tertiary/aromatic N) is 2. The van der Waals surface area contributed by atoms with Crippen LogP contribution in [0, 0.1) is 0 Å². The zero-order valence-electron chi connectivity index (χ0n) is 13.0. The molecule has 0 fully saturated rings. The van der Waals surface area contributed by atoms with Gasteiger partial charge in [-0.15, -0.1) is 0 Å². The summed E-state index contributed by atoms with van der Waals surface area (Å²) in [7, 11) is 1.21. The lowest BCUT2D eigenvalue weighted by atomic mass is 10.2. The normalized spacial score (nSPS) is 14.8. The molecule has 17 heavy (non-hydrogen) atoms. The van der Waals surface area contributed by atoms with Crippen LogP contribution in [-0.4, -0.2) is 57.7 Å². The highest BCUT2D eigenvalue weighted by Crippen LogP contribution is 2.18. The van der Waals surface area contributed by atoms with E-state index in [1.807, 2.05) is 0 Å². The van der Waals surface area contributed by atoms with Crippen molar-refractivity contribution in [2.45, 2.75) is 59.4 Å². The molecule has 104 valence electrons. The first-order valence-corrected chi connectivity index (χ1v) is 8.43. The molecule has 0 amide bonds. The number of rotatable bonds is 9. The molecule has 0 aliphatic carbocycles. The lowest BCUT2D eigenvalue weighted by molar-refractivity contribution is -0.0654. The first-order chi connectivity index (χ1) is 7.99. The molecule has 0 aliphatic rings. The van der Waals surface area contributed by atoms with Crippen molar-refractivity contribution in [2.75, 3.05) is 26.2 Å². The molecule has 0 aromatic rings. The quantitative estimate of drug-likeness (QED) is 0.493. The number of hydrogen-bond acceptors (Lipinski definition) is 3. The Labute approximate surface area is 111 Å². The summed E-state index contributed by atoms with van der Waals surface area (Å²) in [5.41, 5.74) is 0.682. The average molecular weight is 260 g/mol. The van der Waals surface area contributed by atoms with E-state index in [0.717, 1.165) is 26.2 Å². The van der Waals surface area contributed by atoms with Crippen molar-refractivity contribution in [3.8, 4) is 0 Å². The summed E-state index contributed by atoms with van der Waals surface area (Å²) >= 11 is 0. The van der Waals surface area contributed by atoms with Crippen molar-refractivity contribution < 1.29 is 0 Å². The Hall–Kier alpha value is 0.0969. The lowest BCUT2D eigenvalue weighted by Gasteiger charge is -2.49. The minimum Gasteiger partial charge on any atom is -0.288 e. The highest BCUT2D eigenvalue weighted by atomic mass is 28.1. The monoisotopic (exact) mass is 259 g/mol. The van der Waals surface area contributed by atoms with Crippen LogP contribution in [0.5, 0.6) is 0 Å². The van der Waals surface area contributed by atoms with Crippen LogP contribution in [0.3, 0.4) is 0 Å². The van der Waals surface area contributed by atoms with Crippen molar-refractivity contribution in [3.63, 3.8) is 0 Å². The summed E-state index contributed by atoms with van der Waals surface area (Å²) < 4.78 is 0. The van der Waals surface area contributed by atoms with Gasteiger partial charge in [-0.05, 0) is 45.2 Å². The fraction of sp³-hybridized carbons (Fsp3) is 1.00. The summed E-state index contributed by atoms with van der Waals surface area (Å²) in [4.78, 5) is 5.06. The summed E-state index contributed by atoms with van der Waals surface area (Å²) in [6, 6.07) is 0. The highest BCUT2D eigenvalue weighted by Gasteiger charge is 2.35. The van der Waals surface area contributed by atoms with Gasteiger partial charge in [-0.1, -0.05) is 34.6 Å². The molecule has 0 spiro atoms. The summed E-state index contributed by atoms with van der Waals surface area (Å²) in [5.74, 6) is 0.00935. The Balaban J connectivity index is 5.02. The van der Waals surface area contributed by atoms with Crippen LogP contribution < -0.4 is 5.32 Å². The van der Waals surface area contributed by atoms with E-state index < -0.39 is 0 Å². The van der Waals surface area contributed by atoms with E-state index >= 15 is 0 Å². The van der Waals surface area contributed by atoms with Gasteiger partial charge in [0, 0.05) is 10.2 Å². The van der Waals surface area contributed by atoms with Gasteiger partial charge >= 0.3 is 0 Å². The predicted molar refractivity (Wildman–Crippen MR) is 81.4 cm³/mol. The van der Waals surface area contributed by atoms with Crippen molar-refractivity contribution >= 4 is 10.2 Å². The first-order valence-electron chi connectivity index (χ1n) is 7.27. The van der Waals surface area contributed by atoms with E-state index in [9.17, 15) is 0 Å². The van der Waals surface area contributed by atoms with Gasteiger partial charge in [0.1, 0.15) is 5.79 Å². The molecule has 0 saturated heterocycles. The van der Waals surface area contributed by atoms with Crippen LogP contribution in [0.2, 0.25) is 0 Å². The molecule has 0 aliphatic heterocycles. The second-order valence-electron chi connectivity index (χ2n) is 4.82. The Morgan fingerprint density at radius 2 is 1.29 bits per heavy atom. The molecular weight excluding hydrogens is 226 g/mol. The third kappa shape index (κ3) is 4.36. The zero-order chi connectivity index (χ0) is 13.5. The lowest BCUT2D eigenvalue weighted by Crippen LogP contribution is -2.69. The molecule has 4 heteroatoms. The van der Waals surface area contributed by atoms with E-state index in [-0.39, 0.29) is 5.79 Å². The van der Waals surface area contributed by atoms with Gasteiger partial charge in [-0.2, -0.15) is 0 Å². The molecule has 3 nitrogen and oxygen atoms in total. The van der Waals surface area contributed by atoms with Crippen LogP contribution in [0.1, 0.15) is 48.0 Å². The molecule has 0 bridgehead atoms. The third-order valence-electron chi connectivity index (χ3n) is 3.89.